The highest BCUT2D eigenvalue weighted by Gasteiger charge is 2.23. The summed E-state index contributed by atoms with van der Waals surface area (Å²) >= 11 is 0. The standard InChI is InChI=1S/C10H17N5O/c1-10(2,3)12-9(16)8-14-13-7-6-11-4-5-15(7)8/h11H,4-6H2,1-3H3,(H,12,16). The molecule has 0 fully saturated rings. The number of carbonyl (C=O) groups is 1. The molecule has 0 atom stereocenters. The highest BCUT2D eigenvalue weighted by Crippen LogP contribution is 2.07. The Morgan fingerprint density at radius 1 is 1.44 bits per heavy atom. The molecule has 6 heteroatoms. The number of aromatic nitrogens is 3. The molecule has 6 nitrogen and oxygen atoms in total. The van der Waals surface area contributed by atoms with E-state index < -0.39 is 0 Å². The Kier molecular flexibility index (Phi) is 2.67. The molecule has 2 rings (SSSR count). The first-order valence-electron chi connectivity index (χ1n) is 5.43. The summed E-state index contributed by atoms with van der Waals surface area (Å²) in [5, 5.41) is 14.0. The molecule has 1 aliphatic heterocycles. The van der Waals surface area contributed by atoms with Gasteiger partial charge in [0.1, 0.15) is 5.82 Å². The quantitative estimate of drug-likeness (QED) is 0.698. The molecule has 0 unspecified atom stereocenters. The van der Waals surface area contributed by atoms with E-state index in [2.05, 4.69) is 20.8 Å². The molecule has 0 spiro atoms. The lowest BCUT2D eigenvalue weighted by Gasteiger charge is -2.21. The molecular formula is C10H17N5O. The van der Waals surface area contributed by atoms with E-state index in [1.54, 1.807) is 0 Å². The molecule has 0 saturated heterocycles. The van der Waals surface area contributed by atoms with Crippen molar-refractivity contribution >= 4 is 5.91 Å². The highest BCUT2D eigenvalue weighted by molar-refractivity contribution is 5.91. The van der Waals surface area contributed by atoms with E-state index >= 15 is 0 Å². The van der Waals surface area contributed by atoms with Crippen LogP contribution >= 0.6 is 0 Å². The zero-order valence-corrected chi connectivity index (χ0v) is 9.87. The summed E-state index contributed by atoms with van der Waals surface area (Å²) in [6.45, 7) is 8.10. The van der Waals surface area contributed by atoms with Gasteiger partial charge in [0, 0.05) is 18.6 Å². The van der Waals surface area contributed by atoms with E-state index in [4.69, 9.17) is 0 Å². The molecule has 1 aromatic rings. The highest BCUT2D eigenvalue weighted by atomic mass is 16.2. The third-order valence-corrected chi connectivity index (χ3v) is 2.31. The molecule has 1 aromatic heterocycles. The van der Waals surface area contributed by atoms with Gasteiger partial charge in [-0.05, 0) is 20.8 Å². The van der Waals surface area contributed by atoms with Crippen molar-refractivity contribution in [2.75, 3.05) is 6.54 Å². The average molecular weight is 223 g/mol. The monoisotopic (exact) mass is 223 g/mol. The van der Waals surface area contributed by atoms with Crippen LogP contribution in [0.25, 0.3) is 0 Å². The van der Waals surface area contributed by atoms with Crippen LogP contribution in [0.2, 0.25) is 0 Å². The fourth-order valence-corrected chi connectivity index (χ4v) is 1.66. The molecule has 2 N–H and O–H groups in total. The molecule has 2 heterocycles. The van der Waals surface area contributed by atoms with Gasteiger partial charge in [0.15, 0.2) is 0 Å². The maximum absolute atomic E-state index is 11.9. The molecule has 88 valence electrons. The number of amides is 1. The molecule has 0 radical (unpaired) electrons. The average Bonchev–Trinajstić information content (AvgIpc) is 2.58. The van der Waals surface area contributed by atoms with Gasteiger partial charge < -0.3 is 15.2 Å². The van der Waals surface area contributed by atoms with Crippen LogP contribution in [0.15, 0.2) is 0 Å². The lowest BCUT2D eigenvalue weighted by molar-refractivity contribution is 0.0903. The predicted molar refractivity (Wildman–Crippen MR) is 58.9 cm³/mol. The Morgan fingerprint density at radius 2 is 2.19 bits per heavy atom. The number of rotatable bonds is 1. The Bertz CT molecular complexity index is 404. The predicted octanol–water partition coefficient (Wildman–Crippen LogP) is -0.0904. The third kappa shape index (κ3) is 2.21. The normalized spacial score (nSPS) is 15.7. The molecule has 1 amide bonds. The van der Waals surface area contributed by atoms with Crippen LogP contribution in [0.5, 0.6) is 0 Å². The molecule has 16 heavy (non-hydrogen) atoms. The van der Waals surface area contributed by atoms with Crippen molar-refractivity contribution in [2.45, 2.75) is 39.4 Å². The minimum Gasteiger partial charge on any atom is -0.345 e. The minimum absolute atomic E-state index is 0.159. The van der Waals surface area contributed by atoms with Crippen molar-refractivity contribution < 1.29 is 4.79 Å². The first kappa shape index (κ1) is 11.1. The van der Waals surface area contributed by atoms with E-state index in [1.165, 1.54) is 0 Å². The van der Waals surface area contributed by atoms with E-state index in [0.717, 1.165) is 18.9 Å². The number of fused-ring (bicyclic) bond motifs is 1. The van der Waals surface area contributed by atoms with Crippen molar-refractivity contribution in [3.05, 3.63) is 11.6 Å². The molecule has 1 aliphatic rings. The van der Waals surface area contributed by atoms with E-state index in [-0.39, 0.29) is 11.4 Å². The van der Waals surface area contributed by atoms with Crippen LogP contribution < -0.4 is 10.6 Å². The van der Waals surface area contributed by atoms with E-state index in [1.807, 2.05) is 25.3 Å². The number of hydrogen-bond acceptors (Lipinski definition) is 4. The second-order valence-corrected chi connectivity index (χ2v) is 4.97. The summed E-state index contributed by atoms with van der Waals surface area (Å²) in [6, 6.07) is 0. The van der Waals surface area contributed by atoms with Gasteiger partial charge >= 0.3 is 0 Å². The molecule has 0 bridgehead atoms. The first-order chi connectivity index (χ1) is 7.47. The summed E-state index contributed by atoms with van der Waals surface area (Å²) in [5.41, 5.74) is -0.254. The zero-order chi connectivity index (χ0) is 11.8. The second kappa shape index (κ2) is 3.86. The van der Waals surface area contributed by atoms with Gasteiger partial charge in [0.25, 0.3) is 5.91 Å². The lowest BCUT2D eigenvalue weighted by Crippen LogP contribution is -2.42. The van der Waals surface area contributed by atoms with Crippen LogP contribution in [0.3, 0.4) is 0 Å². The van der Waals surface area contributed by atoms with Crippen LogP contribution in [0.4, 0.5) is 0 Å². The second-order valence-electron chi connectivity index (χ2n) is 4.97. The van der Waals surface area contributed by atoms with E-state index in [0.29, 0.717) is 12.4 Å². The summed E-state index contributed by atoms with van der Waals surface area (Å²) < 4.78 is 1.87. The van der Waals surface area contributed by atoms with Crippen LogP contribution in [0.1, 0.15) is 37.2 Å². The van der Waals surface area contributed by atoms with Gasteiger partial charge in [-0.1, -0.05) is 0 Å². The van der Waals surface area contributed by atoms with Crippen LogP contribution in [-0.4, -0.2) is 32.8 Å². The zero-order valence-electron chi connectivity index (χ0n) is 9.87. The number of nitrogens with zero attached hydrogens (tertiary/aromatic N) is 3. The summed E-state index contributed by atoms with van der Waals surface area (Å²) in [6.07, 6.45) is 0. The topological polar surface area (TPSA) is 71.8 Å². The van der Waals surface area contributed by atoms with Gasteiger partial charge in [-0.3, -0.25) is 4.79 Å². The maximum Gasteiger partial charge on any atom is 0.289 e. The summed E-state index contributed by atoms with van der Waals surface area (Å²) in [4.78, 5) is 11.9. The number of hydrogen-bond donors (Lipinski definition) is 2. The van der Waals surface area contributed by atoms with Gasteiger partial charge in [-0.15, -0.1) is 10.2 Å². The smallest absolute Gasteiger partial charge is 0.289 e. The Labute approximate surface area is 94.4 Å². The Hall–Kier alpha value is -1.43. The SMILES string of the molecule is CC(C)(C)NC(=O)c1nnc2n1CCNC2. The van der Waals surface area contributed by atoms with Gasteiger partial charge in [0.2, 0.25) is 5.82 Å². The summed E-state index contributed by atoms with van der Waals surface area (Å²) in [7, 11) is 0. The Morgan fingerprint density at radius 3 is 2.88 bits per heavy atom. The fourth-order valence-electron chi connectivity index (χ4n) is 1.66. The van der Waals surface area contributed by atoms with Crippen molar-refractivity contribution in [2.24, 2.45) is 0 Å². The van der Waals surface area contributed by atoms with Gasteiger partial charge in [-0.25, -0.2) is 0 Å². The van der Waals surface area contributed by atoms with Crippen molar-refractivity contribution in [3.8, 4) is 0 Å². The lowest BCUT2D eigenvalue weighted by atomic mass is 10.1. The Balaban J connectivity index is 2.21. The first-order valence-corrected chi connectivity index (χ1v) is 5.43. The largest absolute Gasteiger partial charge is 0.345 e. The van der Waals surface area contributed by atoms with Crippen molar-refractivity contribution in [1.29, 1.82) is 0 Å². The van der Waals surface area contributed by atoms with Gasteiger partial charge in [0.05, 0.1) is 6.54 Å². The molecule has 0 aliphatic carbocycles. The molecular weight excluding hydrogens is 206 g/mol. The van der Waals surface area contributed by atoms with Crippen molar-refractivity contribution in [3.63, 3.8) is 0 Å². The maximum atomic E-state index is 11.9. The minimum atomic E-state index is -0.254. The summed E-state index contributed by atoms with van der Waals surface area (Å²) in [5.74, 6) is 1.07. The molecule has 0 saturated carbocycles. The fraction of sp³-hybridized carbons (Fsp3) is 0.700. The van der Waals surface area contributed by atoms with Crippen molar-refractivity contribution in [1.82, 2.24) is 25.4 Å². The number of carbonyl (C=O) groups excluding carboxylic acids is 1. The van der Waals surface area contributed by atoms with Gasteiger partial charge in [-0.2, -0.15) is 0 Å². The molecule has 0 aromatic carbocycles. The van der Waals surface area contributed by atoms with E-state index in [9.17, 15) is 4.79 Å². The van der Waals surface area contributed by atoms with Crippen LogP contribution in [0, 0.1) is 0 Å². The third-order valence-electron chi connectivity index (χ3n) is 2.31. The van der Waals surface area contributed by atoms with Crippen LogP contribution in [-0.2, 0) is 13.1 Å². The number of nitrogens with one attached hydrogen (secondary N) is 2.